The van der Waals surface area contributed by atoms with E-state index in [1.54, 1.807) is 54.6 Å². The second-order valence-corrected chi connectivity index (χ2v) is 12.7. The lowest BCUT2D eigenvalue weighted by molar-refractivity contribution is 0.0825. The number of para-hydroxylation sites is 2. The highest BCUT2D eigenvalue weighted by atomic mass is 32.2. The molecule has 3 aromatic carbocycles. The van der Waals surface area contributed by atoms with E-state index >= 15 is 0 Å². The summed E-state index contributed by atoms with van der Waals surface area (Å²) in [6.45, 7) is 6.86. The molecule has 0 fully saturated rings. The molecular formula is C32H43N3O4S. The SMILES string of the molecule is CC(C)CCCC(C)NC[C@@H](O)[C@H](Cc1ccccc1)NC(=O)c1ccccc1N(c1ccccc1)S(C)(=O)=O. The molecule has 0 aliphatic carbocycles. The van der Waals surface area contributed by atoms with Gasteiger partial charge in [0.2, 0.25) is 10.0 Å². The maximum Gasteiger partial charge on any atom is 0.253 e. The molecule has 0 saturated carbocycles. The Morgan fingerprint density at radius 3 is 2.10 bits per heavy atom. The van der Waals surface area contributed by atoms with Crippen LogP contribution in [-0.4, -0.2) is 50.4 Å². The average Bonchev–Trinajstić information content (AvgIpc) is 2.92. The molecule has 3 aromatic rings. The summed E-state index contributed by atoms with van der Waals surface area (Å²) < 4.78 is 26.9. The Hall–Kier alpha value is -3.20. The summed E-state index contributed by atoms with van der Waals surface area (Å²) in [5.41, 5.74) is 1.87. The number of benzene rings is 3. The Morgan fingerprint density at radius 1 is 0.875 bits per heavy atom. The zero-order chi connectivity index (χ0) is 29.1. The van der Waals surface area contributed by atoms with E-state index in [4.69, 9.17) is 0 Å². The Labute approximate surface area is 239 Å². The number of sulfonamides is 1. The van der Waals surface area contributed by atoms with Crippen molar-refractivity contribution in [2.45, 2.75) is 64.6 Å². The number of nitrogens with zero attached hydrogens (tertiary/aromatic N) is 1. The molecule has 0 radical (unpaired) electrons. The van der Waals surface area contributed by atoms with Crippen LogP contribution in [0, 0.1) is 5.92 Å². The summed E-state index contributed by atoms with van der Waals surface area (Å²) in [5, 5.41) is 17.7. The van der Waals surface area contributed by atoms with E-state index in [1.165, 1.54) is 4.31 Å². The van der Waals surface area contributed by atoms with Gasteiger partial charge in [-0.25, -0.2) is 12.7 Å². The van der Waals surface area contributed by atoms with Gasteiger partial charge in [-0.1, -0.05) is 87.4 Å². The van der Waals surface area contributed by atoms with Crippen LogP contribution < -0.4 is 14.9 Å². The first-order valence-corrected chi connectivity index (χ1v) is 15.8. The zero-order valence-electron chi connectivity index (χ0n) is 24.0. The Kier molecular flexibility index (Phi) is 11.7. The molecule has 8 heteroatoms. The largest absolute Gasteiger partial charge is 0.390 e. The summed E-state index contributed by atoms with van der Waals surface area (Å²) >= 11 is 0. The Balaban J connectivity index is 1.83. The number of amides is 1. The molecule has 0 bridgehead atoms. The number of carbonyl (C=O) groups is 1. The Morgan fingerprint density at radius 2 is 1.48 bits per heavy atom. The number of aliphatic hydroxyl groups is 1. The summed E-state index contributed by atoms with van der Waals surface area (Å²) in [5.74, 6) is 0.205. The quantitative estimate of drug-likeness (QED) is 0.233. The van der Waals surface area contributed by atoms with Gasteiger partial charge in [-0.3, -0.25) is 4.79 Å². The standard InChI is InChI=1S/C32H43N3O4S/c1-24(2)14-13-15-25(3)33-23-31(36)29(22-26-16-7-5-8-17-26)34-32(37)28-20-11-12-21-30(28)35(40(4,38)39)27-18-9-6-10-19-27/h5-12,16-21,24-25,29,31,33,36H,13-15,22-23H2,1-4H3,(H,34,37)/t25?,29-,31+/m0/s1. The molecule has 0 spiro atoms. The lowest BCUT2D eigenvalue weighted by Gasteiger charge is -2.28. The van der Waals surface area contributed by atoms with Crippen LogP contribution in [0.4, 0.5) is 11.4 Å². The minimum Gasteiger partial charge on any atom is -0.390 e. The van der Waals surface area contributed by atoms with E-state index in [2.05, 4.69) is 31.4 Å². The highest BCUT2D eigenvalue weighted by molar-refractivity contribution is 7.92. The van der Waals surface area contributed by atoms with Gasteiger partial charge < -0.3 is 15.7 Å². The first-order valence-electron chi connectivity index (χ1n) is 14.0. The van der Waals surface area contributed by atoms with Gasteiger partial charge in [-0.05, 0) is 55.5 Å². The van der Waals surface area contributed by atoms with Crippen molar-refractivity contribution < 1.29 is 18.3 Å². The van der Waals surface area contributed by atoms with Crippen LogP contribution in [0.3, 0.4) is 0 Å². The van der Waals surface area contributed by atoms with Crippen molar-refractivity contribution in [3.05, 3.63) is 96.1 Å². The molecule has 1 unspecified atom stereocenters. The first-order chi connectivity index (χ1) is 19.1. The fourth-order valence-corrected chi connectivity index (χ4v) is 5.73. The van der Waals surface area contributed by atoms with Crippen molar-refractivity contribution in [2.24, 2.45) is 5.92 Å². The van der Waals surface area contributed by atoms with Crippen LogP contribution in [0.1, 0.15) is 56.0 Å². The third-order valence-electron chi connectivity index (χ3n) is 6.86. The van der Waals surface area contributed by atoms with Crippen molar-refractivity contribution in [2.75, 3.05) is 17.1 Å². The van der Waals surface area contributed by atoms with Gasteiger partial charge in [-0.2, -0.15) is 0 Å². The van der Waals surface area contributed by atoms with Crippen LogP contribution >= 0.6 is 0 Å². The van der Waals surface area contributed by atoms with Gasteiger partial charge in [0.25, 0.3) is 5.91 Å². The predicted octanol–water partition coefficient (Wildman–Crippen LogP) is 5.29. The monoisotopic (exact) mass is 565 g/mol. The molecule has 3 atom stereocenters. The van der Waals surface area contributed by atoms with Crippen LogP contribution in [0.15, 0.2) is 84.9 Å². The molecule has 0 heterocycles. The van der Waals surface area contributed by atoms with Crippen molar-refractivity contribution in [3.63, 3.8) is 0 Å². The second kappa shape index (κ2) is 15.0. The highest BCUT2D eigenvalue weighted by Gasteiger charge is 2.28. The fourth-order valence-electron chi connectivity index (χ4n) is 4.71. The number of hydrogen-bond donors (Lipinski definition) is 3. The van der Waals surface area contributed by atoms with Crippen LogP contribution in [-0.2, 0) is 16.4 Å². The van der Waals surface area contributed by atoms with Crippen LogP contribution in [0.5, 0.6) is 0 Å². The smallest absolute Gasteiger partial charge is 0.253 e. The summed E-state index contributed by atoms with van der Waals surface area (Å²) in [6, 6.07) is 24.6. The zero-order valence-corrected chi connectivity index (χ0v) is 24.8. The van der Waals surface area contributed by atoms with Crippen molar-refractivity contribution in [1.29, 1.82) is 0 Å². The summed E-state index contributed by atoms with van der Waals surface area (Å²) in [4.78, 5) is 13.7. The topological polar surface area (TPSA) is 98.7 Å². The van der Waals surface area contributed by atoms with E-state index < -0.39 is 28.1 Å². The summed E-state index contributed by atoms with van der Waals surface area (Å²) in [6.07, 6.45) is 3.96. The lowest BCUT2D eigenvalue weighted by Crippen LogP contribution is -2.50. The van der Waals surface area contributed by atoms with E-state index in [0.29, 0.717) is 24.6 Å². The minimum atomic E-state index is -3.76. The lowest BCUT2D eigenvalue weighted by atomic mass is 9.99. The van der Waals surface area contributed by atoms with Gasteiger partial charge in [-0.15, -0.1) is 0 Å². The van der Waals surface area contributed by atoms with Crippen molar-refractivity contribution in [1.82, 2.24) is 10.6 Å². The van der Waals surface area contributed by atoms with Crippen molar-refractivity contribution >= 4 is 27.3 Å². The molecule has 3 N–H and O–H groups in total. The predicted molar refractivity (Wildman–Crippen MR) is 163 cm³/mol. The second-order valence-electron chi connectivity index (χ2n) is 10.9. The van der Waals surface area contributed by atoms with E-state index in [1.807, 2.05) is 30.3 Å². The van der Waals surface area contributed by atoms with E-state index in [0.717, 1.165) is 31.1 Å². The molecule has 216 valence electrons. The van der Waals surface area contributed by atoms with Gasteiger partial charge >= 0.3 is 0 Å². The van der Waals surface area contributed by atoms with Gasteiger partial charge in [0.05, 0.1) is 35.3 Å². The molecule has 40 heavy (non-hydrogen) atoms. The van der Waals surface area contributed by atoms with Crippen LogP contribution in [0.2, 0.25) is 0 Å². The van der Waals surface area contributed by atoms with E-state index in [-0.39, 0.29) is 17.3 Å². The van der Waals surface area contributed by atoms with Gasteiger partial charge in [0.1, 0.15) is 0 Å². The number of hydrogen-bond acceptors (Lipinski definition) is 5. The molecule has 7 nitrogen and oxygen atoms in total. The van der Waals surface area contributed by atoms with Crippen molar-refractivity contribution in [3.8, 4) is 0 Å². The number of anilines is 2. The van der Waals surface area contributed by atoms with E-state index in [9.17, 15) is 18.3 Å². The highest BCUT2D eigenvalue weighted by Crippen LogP contribution is 2.31. The normalized spacial score (nSPS) is 13.9. The first kappa shape index (κ1) is 31.3. The molecule has 3 rings (SSSR count). The van der Waals surface area contributed by atoms with Gasteiger partial charge in [0.15, 0.2) is 0 Å². The number of carbonyl (C=O) groups excluding carboxylic acids is 1. The molecule has 0 aliphatic rings. The number of aliphatic hydroxyl groups excluding tert-OH is 1. The number of rotatable bonds is 15. The van der Waals surface area contributed by atoms with Gasteiger partial charge in [0, 0.05) is 12.6 Å². The molecule has 0 aromatic heterocycles. The fraction of sp³-hybridized carbons (Fsp3) is 0.406. The maximum absolute atomic E-state index is 13.7. The maximum atomic E-state index is 13.7. The number of nitrogens with one attached hydrogen (secondary N) is 2. The van der Waals surface area contributed by atoms with Crippen LogP contribution in [0.25, 0.3) is 0 Å². The molecule has 0 saturated heterocycles. The summed E-state index contributed by atoms with van der Waals surface area (Å²) in [7, 11) is -3.76. The Bertz CT molecular complexity index is 1300. The molecule has 0 aliphatic heterocycles. The molecular weight excluding hydrogens is 522 g/mol. The third kappa shape index (κ3) is 9.47. The third-order valence-corrected chi connectivity index (χ3v) is 7.93. The average molecular weight is 566 g/mol. The molecule has 1 amide bonds. The minimum absolute atomic E-state index is 0.206.